The van der Waals surface area contributed by atoms with E-state index in [9.17, 15) is 8.78 Å². The molecular formula is C18H32F2N6O. The molecule has 0 spiro atoms. The number of nitrogens with one attached hydrogen (secondary N) is 2. The molecule has 0 saturated carbocycles. The van der Waals surface area contributed by atoms with E-state index in [1.165, 1.54) is 12.4 Å². The van der Waals surface area contributed by atoms with Crippen molar-refractivity contribution in [3.05, 3.63) is 18.2 Å². The van der Waals surface area contributed by atoms with Gasteiger partial charge in [0, 0.05) is 45.1 Å². The lowest BCUT2D eigenvalue weighted by atomic mass is 9.92. The fourth-order valence-corrected chi connectivity index (χ4v) is 3.58. The van der Waals surface area contributed by atoms with Crippen molar-refractivity contribution >= 4 is 5.96 Å². The number of morpholine rings is 1. The average Bonchev–Trinajstić information content (AvgIpc) is 3.17. The first-order valence-electron chi connectivity index (χ1n) is 9.66. The van der Waals surface area contributed by atoms with Crippen LogP contribution in [0.2, 0.25) is 0 Å². The van der Waals surface area contributed by atoms with Crippen LogP contribution in [0.4, 0.5) is 8.78 Å². The Morgan fingerprint density at radius 3 is 2.56 bits per heavy atom. The van der Waals surface area contributed by atoms with Crippen LogP contribution in [0.15, 0.2) is 17.4 Å². The fraction of sp³-hybridized carbons (Fsp3) is 0.778. The molecule has 1 aromatic heterocycles. The number of aliphatic imine (C=N–C) groups is 1. The molecule has 27 heavy (non-hydrogen) atoms. The van der Waals surface area contributed by atoms with Crippen LogP contribution in [-0.4, -0.2) is 66.3 Å². The highest BCUT2D eigenvalue weighted by atomic mass is 19.3. The molecule has 2 rings (SSSR count). The molecular weight excluding hydrogens is 354 g/mol. The van der Waals surface area contributed by atoms with Gasteiger partial charge in [-0.05, 0) is 5.92 Å². The van der Waals surface area contributed by atoms with Gasteiger partial charge in [0.1, 0.15) is 5.82 Å². The third-order valence-corrected chi connectivity index (χ3v) is 5.18. The molecule has 1 aromatic rings. The van der Waals surface area contributed by atoms with E-state index in [4.69, 9.17) is 4.74 Å². The summed E-state index contributed by atoms with van der Waals surface area (Å²) in [7, 11) is 1.68. The normalized spacial score (nSPS) is 17.5. The minimum atomic E-state index is -2.60. The van der Waals surface area contributed by atoms with E-state index in [-0.39, 0.29) is 12.4 Å². The number of hydrogen-bond donors (Lipinski definition) is 2. The number of hydrogen-bond acceptors (Lipinski definition) is 4. The maximum Gasteiger partial charge on any atom is 0.319 e. The van der Waals surface area contributed by atoms with Crippen molar-refractivity contribution in [2.24, 2.45) is 10.9 Å². The largest absolute Gasteiger partial charge is 0.379 e. The molecule has 0 amide bonds. The molecule has 0 bridgehead atoms. The van der Waals surface area contributed by atoms with Crippen LogP contribution in [-0.2, 0) is 11.3 Å². The first-order chi connectivity index (χ1) is 13.1. The molecule has 7 nitrogen and oxygen atoms in total. The SMILES string of the molecule is CCC(CC)C(CNC(=NC)NCc1nccn1C(F)F)N1CCOCC1. The summed E-state index contributed by atoms with van der Waals surface area (Å²) in [5.74, 6) is 1.44. The third-order valence-electron chi connectivity index (χ3n) is 5.18. The Balaban J connectivity index is 1.93. The number of alkyl halides is 2. The molecule has 1 unspecified atom stereocenters. The van der Waals surface area contributed by atoms with E-state index in [0.29, 0.717) is 17.9 Å². The van der Waals surface area contributed by atoms with E-state index in [0.717, 1.165) is 50.3 Å². The topological polar surface area (TPSA) is 66.7 Å². The molecule has 2 N–H and O–H groups in total. The Morgan fingerprint density at radius 1 is 1.26 bits per heavy atom. The van der Waals surface area contributed by atoms with Crippen LogP contribution in [0.5, 0.6) is 0 Å². The van der Waals surface area contributed by atoms with E-state index < -0.39 is 6.55 Å². The van der Waals surface area contributed by atoms with Gasteiger partial charge in [-0.1, -0.05) is 26.7 Å². The number of aromatic nitrogens is 2. The second-order valence-corrected chi connectivity index (χ2v) is 6.63. The number of nitrogens with zero attached hydrogens (tertiary/aromatic N) is 4. The highest BCUT2D eigenvalue weighted by Gasteiger charge is 2.27. The minimum absolute atomic E-state index is 0.185. The van der Waals surface area contributed by atoms with Crippen LogP contribution < -0.4 is 10.6 Å². The minimum Gasteiger partial charge on any atom is -0.379 e. The molecule has 1 atom stereocenters. The first-order valence-corrected chi connectivity index (χ1v) is 9.66. The molecule has 1 aliphatic heterocycles. The van der Waals surface area contributed by atoms with Crippen molar-refractivity contribution < 1.29 is 13.5 Å². The molecule has 0 aromatic carbocycles. The van der Waals surface area contributed by atoms with Gasteiger partial charge in [0.2, 0.25) is 0 Å². The second kappa shape index (κ2) is 11.2. The van der Waals surface area contributed by atoms with Gasteiger partial charge in [0.25, 0.3) is 0 Å². The maximum absolute atomic E-state index is 12.9. The van der Waals surface area contributed by atoms with Crippen LogP contribution in [0.25, 0.3) is 0 Å². The van der Waals surface area contributed by atoms with E-state index in [2.05, 4.69) is 39.4 Å². The van der Waals surface area contributed by atoms with Crippen LogP contribution in [0.3, 0.4) is 0 Å². The van der Waals surface area contributed by atoms with Gasteiger partial charge in [0.05, 0.1) is 19.8 Å². The van der Waals surface area contributed by atoms with Crippen molar-refractivity contribution in [1.29, 1.82) is 0 Å². The zero-order chi connectivity index (χ0) is 19.6. The highest BCUT2D eigenvalue weighted by molar-refractivity contribution is 5.79. The number of halogens is 2. The van der Waals surface area contributed by atoms with Gasteiger partial charge >= 0.3 is 6.55 Å². The van der Waals surface area contributed by atoms with Gasteiger partial charge in [-0.2, -0.15) is 8.78 Å². The van der Waals surface area contributed by atoms with Crippen molar-refractivity contribution in [2.75, 3.05) is 39.9 Å². The lowest BCUT2D eigenvalue weighted by Gasteiger charge is -2.39. The second-order valence-electron chi connectivity index (χ2n) is 6.63. The van der Waals surface area contributed by atoms with E-state index in [1.54, 1.807) is 7.05 Å². The zero-order valence-corrected chi connectivity index (χ0v) is 16.5. The van der Waals surface area contributed by atoms with Gasteiger partial charge < -0.3 is 15.4 Å². The van der Waals surface area contributed by atoms with Crippen molar-refractivity contribution in [3.8, 4) is 0 Å². The summed E-state index contributed by atoms with van der Waals surface area (Å²) < 4.78 is 32.2. The van der Waals surface area contributed by atoms with Gasteiger partial charge in [0.15, 0.2) is 5.96 Å². The number of ether oxygens (including phenoxy) is 1. The Bertz CT molecular complexity index is 570. The molecule has 1 aliphatic rings. The predicted molar refractivity (Wildman–Crippen MR) is 102 cm³/mol. The van der Waals surface area contributed by atoms with Gasteiger partial charge in [-0.25, -0.2) is 4.98 Å². The molecule has 1 saturated heterocycles. The molecule has 9 heteroatoms. The predicted octanol–water partition coefficient (Wildman–Crippen LogP) is 2.08. The number of imidazole rings is 1. The number of rotatable bonds is 9. The molecule has 2 heterocycles. The van der Waals surface area contributed by atoms with Gasteiger partial charge in [-0.15, -0.1) is 0 Å². The third kappa shape index (κ3) is 6.14. The Hall–Kier alpha value is -1.74. The maximum atomic E-state index is 12.9. The quantitative estimate of drug-likeness (QED) is 0.502. The standard InChI is InChI=1S/C18H32F2N6O/c1-4-14(5-2)15(25-8-10-27-11-9-25)12-23-18(21-3)24-13-16-22-6-7-26(16)17(19)20/h6-7,14-15,17H,4-5,8-13H2,1-3H3,(H2,21,23,24). The lowest BCUT2D eigenvalue weighted by molar-refractivity contribution is 0.00271. The summed E-state index contributed by atoms with van der Waals surface area (Å²) in [5.41, 5.74) is 0. The Kier molecular flexibility index (Phi) is 8.93. The van der Waals surface area contributed by atoms with Crippen LogP contribution in [0, 0.1) is 5.92 Å². The van der Waals surface area contributed by atoms with E-state index in [1.807, 2.05) is 0 Å². The summed E-state index contributed by atoms with van der Waals surface area (Å²) >= 11 is 0. The van der Waals surface area contributed by atoms with Crippen molar-refractivity contribution in [1.82, 2.24) is 25.1 Å². The molecule has 0 radical (unpaired) electrons. The smallest absolute Gasteiger partial charge is 0.319 e. The molecule has 1 fully saturated rings. The highest BCUT2D eigenvalue weighted by Crippen LogP contribution is 2.19. The van der Waals surface area contributed by atoms with Crippen molar-refractivity contribution in [3.63, 3.8) is 0 Å². The van der Waals surface area contributed by atoms with Crippen molar-refractivity contribution in [2.45, 2.75) is 45.8 Å². The zero-order valence-electron chi connectivity index (χ0n) is 16.5. The van der Waals surface area contributed by atoms with Crippen LogP contribution in [0.1, 0.15) is 39.1 Å². The average molecular weight is 386 g/mol. The molecule has 154 valence electrons. The lowest BCUT2D eigenvalue weighted by Crippen LogP contribution is -2.53. The van der Waals surface area contributed by atoms with E-state index >= 15 is 0 Å². The van der Waals surface area contributed by atoms with Gasteiger partial charge in [-0.3, -0.25) is 14.5 Å². The Morgan fingerprint density at radius 2 is 1.96 bits per heavy atom. The molecule has 0 aliphatic carbocycles. The summed E-state index contributed by atoms with van der Waals surface area (Å²) in [6.07, 6.45) is 4.87. The fourth-order valence-electron chi connectivity index (χ4n) is 3.58. The Labute approximate surface area is 160 Å². The summed E-state index contributed by atoms with van der Waals surface area (Å²) in [4.78, 5) is 10.7. The van der Waals surface area contributed by atoms with Crippen LogP contribution >= 0.6 is 0 Å². The summed E-state index contributed by atoms with van der Waals surface area (Å²) in [6.45, 7) is 6.16. The number of guanidine groups is 1. The summed E-state index contributed by atoms with van der Waals surface area (Å²) in [6, 6.07) is 0.380. The monoisotopic (exact) mass is 386 g/mol. The first kappa shape index (κ1) is 21.6. The summed E-state index contributed by atoms with van der Waals surface area (Å²) in [5, 5.41) is 6.44.